The molecule has 3 rings (SSSR count). The maximum absolute atomic E-state index is 13.5. The molecule has 0 saturated carbocycles. The smallest absolute Gasteiger partial charge is 0.252 e. The van der Waals surface area contributed by atoms with Crippen molar-refractivity contribution in [2.24, 2.45) is 0 Å². The van der Waals surface area contributed by atoms with E-state index in [9.17, 15) is 9.18 Å². The highest BCUT2D eigenvalue weighted by molar-refractivity contribution is 7.98. The molecule has 0 fully saturated rings. The number of carbonyl (C=O) groups excluding carboxylic acids is 1. The van der Waals surface area contributed by atoms with Crippen molar-refractivity contribution < 1.29 is 9.18 Å². The fraction of sp³-hybridized carbons (Fsp3) is 0.167. The molecule has 5 nitrogen and oxygen atoms in total. The number of hydrogen-bond donors (Lipinski definition) is 1. The molecule has 0 aliphatic carbocycles. The van der Waals surface area contributed by atoms with Gasteiger partial charge in [-0.05, 0) is 23.8 Å². The maximum Gasteiger partial charge on any atom is 0.252 e. The molecule has 1 aromatic carbocycles. The molecule has 0 aliphatic heterocycles. The molecule has 3 aromatic rings. The Morgan fingerprint density at radius 1 is 1.24 bits per heavy atom. The van der Waals surface area contributed by atoms with Crippen molar-refractivity contribution in [3.8, 4) is 5.82 Å². The monoisotopic (exact) mass is 356 g/mol. The molecule has 2 aromatic heterocycles. The minimum atomic E-state index is -0.192. The fourth-order valence-corrected chi connectivity index (χ4v) is 3.05. The van der Waals surface area contributed by atoms with Crippen molar-refractivity contribution >= 4 is 17.7 Å². The Kier molecular flexibility index (Phi) is 5.79. The summed E-state index contributed by atoms with van der Waals surface area (Å²) >= 11 is 1.58. The number of carbonyl (C=O) groups is 1. The predicted octanol–water partition coefficient (Wildman–Crippen LogP) is 3.07. The van der Waals surface area contributed by atoms with E-state index in [1.54, 1.807) is 59.3 Å². The third-order valence-electron chi connectivity index (χ3n) is 3.53. The average molecular weight is 356 g/mol. The zero-order valence-electron chi connectivity index (χ0n) is 13.4. The van der Waals surface area contributed by atoms with Crippen molar-refractivity contribution in [1.29, 1.82) is 0 Å². The van der Waals surface area contributed by atoms with Crippen LogP contribution in [0.25, 0.3) is 5.82 Å². The Hall–Kier alpha value is -2.67. The van der Waals surface area contributed by atoms with Crippen LogP contribution in [-0.2, 0) is 5.75 Å². The molecule has 0 bridgehead atoms. The lowest BCUT2D eigenvalue weighted by Crippen LogP contribution is -2.25. The minimum absolute atomic E-state index is 0.170. The van der Waals surface area contributed by atoms with E-state index in [0.29, 0.717) is 35.0 Å². The molecule has 0 atom stereocenters. The molecule has 2 heterocycles. The van der Waals surface area contributed by atoms with Gasteiger partial charge in [0.1, 0.15) is 18.0 Å². The molecule has 1 N–H and O–H groups in total. The highest BCUT2D eigenvalue weighted by atomic mass is 32.2. The van der Waals surface area contributed by atoms with Crippen molar-refractivity contribution in [1.82, 2.24) is 19.9 Å². The molecule has 7 heteroatoms. The van der Waals surface area contributed by atoms with Gasteiger partial charge in [0.25, 0.3) is 5.91 Å². The van der Waals surface area contributed by atoms with E-state index < -0.39 is 0 Å². The van der Waals surface area contributed by atoms with Crippen LogP contribution in [0.5, 0.6) is 0 Å². The molecule has 0 radical (unpaired) electrons. The van der Waals surface area contributed by atoms with Crippen molar-refractivity contribution in [3.63, 3.8) is 0 Å². The van der Waals surface area contributed by atoms with Crippen LogP contribution in [0.15, 0.2) is 61.3 Å². The van der Waals surface area contributed by atoms with Crippen LogP contribution in [0, 0.1) is 5.82 Å². The Morgan fingerprint density at radius 3 is 2.84 bits per heavy atom. The number of thioether (sulfide) groups is 1. The Morgan fingerprint density at radius 2 is 2.12 bits per heavy atom. The number of amides is 1. The van der Waals surface area contributed by atoms with Gasteiger partial charge in [-0.1, -0.05) is 18.2 Å². The van der Waals surface area contributed by atoms with Crippen LogP contribution in [-0.4, -0.2) is 32.7 Å². The van der Waals surface area contributed by atoms with Crippen LogP contribution in [0.3, 0.4) is 0 Å². The van der Waals surface area contributed by atoms with Crippen LogP contribution in [0.4, 0.5) is 4.39 Å². The zero-order chi connectivity index (χ0) is 17.5. The highest BCUT2D eigenvalue weighted by Crippen LogP contribution is 2.14. The van der Waals surface area contributed by atoms with E-state index in [0.717, 1.165) is 0 Å². The minimum Gasteiger partial charge on any atom is -0.351 e. The van der Waals surface area contributed by atoms with Crippen molar-refractivity contribution in [2.45, 2.75) is 5.75 Å². The van der Waals surface area contributed by atoms with E-state index in [1.807, 2.05) is 6.07 Å². The van der Waals surface area contributed by atoms with Crippen molar-refractivity contribution in [2.75, 3.05) is 12.3 Å². The molecule has 25 heavy (non-hydrogen) atoms. The summed E-state index contributed by atoms with van der Waals surface area (Å²) in [5.74, 6) is 1.64. The SMILES string of the molecule is O=C(NCCSCc1ccccc1F)c1ccc(-n2ccnc2)nc1. The summed E-state index contributed by atoms with van der Waals surface area (Å²) in [4.78, 5) is 20.3. The second-order valence-electron chi connectivity index (χ2n) is 5.27. The molecular weight excluding hydrogens is 339 g/mol. The number of nitrogens with zero attached hydrogens (tertiary/aromatic N) is 3. The molecule has 1 amide bonds. The number of hydrogen-bond acceptors (Lipinski definition) is 4. The normalized spacial score (nSPS) is 10.6. The van der Waals surface area contributed by atoms with Crippen LogP contribution >= 0.6 is 11.8 Å². The Labute approximate surface area is 149 Å². The van der Waals surface area contributed by atoms with E-state index in [2.05, 4.69) is 15.3 Å². The van der Waals surface area contributed by atoms with Gasteiger partial charge in [0.2, 0.25) is 0 Å². The quantitative estimate of drug-likeness (QED) is 0.661. The second kappa shape index (κ2) is 8.43. The zero-order valence-corrected chi connectivity index (χ0v) is 14.2. The summed E-state index contributed by atoms with van der Waals surface area (Å²) in [6.45, 7) is 0.515. The lowest BCUT2D eigenvalue weighted by atomic mass is 10.2. The number of aromatic nitrogens is 3. The summed E-state index contributed by atoms with van der Waals surface area (Å²) < 4.78 is 15.3. The maximum atomic E-state index is 13.5. The second-order valence-corrected chi connectivity index (χ2v) is 6.38. The van der Waals surface area contributed by atoms with Crippen LogP contribution < -0.4 is 5.32 Å². The van der Waals surface area contributed by atoms with E-state index in [4.69, 9.17) is 0 Å². The topological polar surface area (TPSA) is 59.8 Å². The van der Waals surface area contributed by atoms with E-state index in [-0.39, 0.29) is 11.7 Å². The molecule has 0 unspecified atom stereocenters. The number of pyridine rings is 1. The molecular formula is C18H17FN4OS. The Balaban J connectivity index is 1.43. The van der Waals surface area contributed by atoms with Gasteiger partial charge >= 0.3 is 0 Å². The summed E-state index contributed by atoms with van der Waals surface area (Å²) in [7, 11) is 0. The molecule has 0 spiro atoms. The summed E-state index contributed by atoms with van der Waals surface area (Å²) in [6, 6.07) is 10.2. The number of benzene rings is 1. The molecule has 0 aliphatic rings. The number of nitrogens with one attached hydrogen (secondary N) is 1. The first-order valence-corrected chi connectivity index (χ1v) is 8.93. The first kappa shape index (κ1) is 17.2. The number of halogens is 1. The summed E-state index contributed by atoms with van der Waals surface area (Å²) in [6.07, 6.45) is 6.64. The van der Waals surface area contributed by atoms with Crippen LogP contribution in [0.1, 0.15) is 15.9 Å². The van der Waals surface area contributed by atoms with Gasteiger partial charge in [0.15, 0.2) is 0 Å². The average Bonchev–Trinajstić information content (AvgIpc) is 3.17. The van der Waals surface area contributed by atoms with Gasteiger partial charge in [-0.15, -0.1) is 0 Å². The largest absolute Gasteiger partial charge is 0.351 e. The standard InChI is InChI=1S/C18H17FN4OS/c19-16-4-2-1-3-15(16)12-25-10-8-21-18(24)14-5-6-17(22-11-14)23-9-7-20-13-23/h1-7,9,11,13H,8,10,12H2,(H,21,24). The first-order valence-electron chi connectivity index (χ1n) is 7.78. The van der Waals surface area contributed by atoms with Gasteiger partial charge in [-0.3, -0.25) is 9.36 Å². The van der Waals surface area contributed by atoms with Gasteiger partial charge in [0.05, 0.1) is 5.56 Å². The third kappa shape index (κ3) is 4.67. The fourth-order valence-electron chi connectivity index (χ4n) is 2.20. The third-order valence-corrected chi connectivity index (χ3v) is 4.53. The Bertz CT molecular complexity index is 821. The van der Waals surface area contributed by atoms with E-state index >= 15 is 0 Å². The first-order chi connectivity index (χ1) is 12.2. The van der Waals surface area contributed by atoms with Crippen LogP contribution in [0.2, 0.25) is 0 Å². The van der Waals surface area contributed by atoms with Gasteiger partial charge in [-0.25, -0.2) is 14.4 Å². The molecule has 128 valence electrons. The van der Waals surface area contributed by atoms with Crippen molar-refractivity contribution in [3.05, 3.63) is 78.3 Å². The lowest BCUT2D eigenvalue weighted by molar-refractivity contribution is 0.0956. The summed E-state index contributed by atoms with van der Waals surface area (Å²) in [5.41, 5.74) is 1.18. The lowest BCUT2D eigenvalue weighted by Gasteiger charge is -2.07. The van der Waals surface area contributed by atoms with E-state index in [1.165, 1.54) is 12.3 Å². The van der Waals surface area contributed by atoms with Gasteiger partial charge in [-0.2, -0.15) is 11.8 Å². The summed E-state index contributed by atoms with van der Waals surface area (Å²) in [5, 5.41) is 2.84. The van der Waals surface area contributed by atoms with Gasteiger partial charge in [0, 0.05) is 36.6 Å². The number of imidazole rings is 1. The molecule has 0 saturated heterocycles. The van der Waals surface area contributed by atoms with Gasteiger partial charge < -0.3 is 5.32 Å². The predicted molar refractivity (Wildman–Crippen MR) is 96.3 cm³/mol. The highest BCUT2D eigenvalue weighted by Gasteiger charge is 2.06. The number of rotatable bonds is 7.